The summed E-state index contributed by atoms with van der Waals surface area (Å²) in [5.74, 6) is 1.45. The van der Waals surface area contributed by atoms with E-state index < -0.39 is 17.8 Å². The topological polar surface area (TPSA) is 115 Å². The Morgan fingerprint density at radius 2 is 1.73 bits per heavy atom. The van der Waals surface area contributed by atoms with Gasteiger partial charge in [0.2, 0.25) is 0 Å². The van der Waals surface area contributed by atoms with E-state index in [0.29, 0.717) is 18.8 Å². The largest absolute Gasteiger partial charge is 0.497 e. The van der Waals surface area contributed by atoms with Gasteiger partial charge in [0.05, 0.1) is 25.0 Å². The summed E-state index contributed by atoms with van der Waals surface area (Å²) >= 11 is 0. The van der Waals surface area contributed by atoms with Crippen LogP contribution in [0.25, 0.3) is 11.4 Å². The Bertz CT molecular complexity index is 1120. The highest BCUT2D eigenvalue weighted by Crippen LogP contribution is 2.24. The predicted octanol–water partition coefficient (Wildman–Crippen LogP) is 5.75. The molecule has 1 atom stereocenters. The predicted molar refractivity (Wildman–Crippen MR) is 141 cm³/mol. The Balaban J connectivity index is 1.60. The standard InChI is InChI=1S/C28H36N4O5/c1-28(2,3)37-26(33)29-17-9-8-12-23(32-27(34)36-19-20-10-6-5-7-11-20)24-18-30-25(31-24)21-13-15-22(35-4)16-14-21/h5-7,10-11,13-16,18,23H,8-9,12,17,19H2,1-4H3,(H,29,33)(H,30,31)(H,32,34). The van der Waals surface area contributed by atoms with Crippen LogP contribution in [0.4, 0.5) is 9.59 Å². The first kappa shape index (κ1) is 27.6. The molecule has 0 fully saturated rings. The molecule has 2 amide bonds. The summed E-state index contributed by atoms with van der Waals surface area (Å²) < 4.78 is 15.9. The molecule has 1 unspecified atom stereocenters. The Morgan fingerprint density at radius 1 is 1.00 bits per heavy atom. The normalized spacial score (nSPS) is 11.9. The lowest BCUT2D eigenvalue weighted by molar-refractivity contribution is 0.0527. The van der Waals surface area contributed by atoms with Gasteiger partial charge >= 0.3 is 12.2 Å². The number of alkyl carbamates (subject to hydrolysis) is 2. The summed E-state index contributed by atoms with van der Waals surface area (Å²) in [7, 11) is 1.62. The van der Waals surface area contributed by atoms with Gasteiger partial charge in [-0.15, -0.1) is 0 Å². The van der Waals surface area contributed by atoms with Crippen molar-refractivity contribution in [1.82, 2.24) is 20.6 Å². The molecule has 0 aliphatic carbocycles. The van der Waals surface area contributed by atoms with Crippen LogP contribution in [0, 0.1) is 0 Å². The number of imidazole rings is 1. The molecule has 3 aromatic rings. The van der Waals surface area contributed by atoms with Gasteiger partial charge in [0, 0.05) is 12.1 Å². The van der Waals surface area contributed by atoms with E-state index in [2.05, 4.69) is 20.6 Å². The van der Waals surface area contributed by atoms with Gasteiger partial charge < -0.3 is 29.8 Å². The van der Waals surface area contributed by atoms with Gasteiger partial charge in [0.25, 0.3) is 0 Å². The molecule has 37 heavy (non-hydrogen) atoms. The van der Waals surface area contributed by atoms with E-state index in [1.165, 1.54) is 0 Å². The number of nitrogens with zero attached hydrogens (tertiary/aromatic N) is 1. The molecule has 1 heterocycles. The lowest BCUT2D eigenvalue weighted by Gasteiger charge is -2.20. The van der Waals surface area contributed by atoms with Crippen molar-refractivity contribution in [3.05, 3.63) is 72.1 Å². The van der Waals surface area contributed by atoms with Gasteiger partial charge in [0.15, 0.2) is 0 Å². The summed E-state index contributed by atoms with van der Waals surface area (Å²) in [6.45, 7) is 6.12. The van der Waals surface area contributed by atoms with Gasteiger partial charge in [-0.05, 0) is 69.9 Å². The summed E-state index contributed by atoms with van der Waals surface area (Å²) in [5.41, 5.74) is 2.04. The van der Waals surface area contributed by atoms with Gasteiger partial charge in [-0.3, -0.25) is 0 Å². The zero-order valence-corrected chi connectivity index (χ0v) is 21.9. The maximum atomic E-state index is 12.6. The van der Waals surface area contributed by atoms with Crippen LogP contribution in [0.3, 0.4) is 0 Å². The second-order valence-electron chi connectivity index (χ2n) is 9.60. The lowest BCUT2D eigenvalue weighted by atomic mass is 10.1. The number of amides is 2. The zero-order chi connectivity index (χ0) is 26.7. The van der Waals surface area contributed by atoms with Crippen LogP contribution in [0.1, 0.15) is 57.3 Å². The van der Waals surface area contributed by atoms with Crippen molar-refractivity contribution in [2.24, 2.45) is 0 Å². The number of carbonyl (C=O) groups excluding carboxylic acids is 2. The number of H-pyrrole nitrogens is 1. The number of rotatable bonds is 11. The first-order valence-corrected chi connectivity index (χ1v) is 12.4. The van der Waals surface area contributed by atoms with Crippen molar-refractivity contribution in [3.8, 4) is 17.1 Å². The Labute approximate surface area is 217 Å². The minimum Gasteiger partial charge on any atom is -0.497 e. The van der Waals surface area contributed by atoms with Crippen LogP contribution >= 0.6 is 0 Å². The van der Waals surface area contributed by atoms with Gasteiger partial charge in [-0.25, -0.2) is 14.6 Å². The minimum atomic E-state index is -0.540. The van der Waals surface area contributed by atoms with Crippen molar-refractivity contribution in [2.45, 2.75) is 58.3 Å². The number of ether oxygens (including phenoxy) is 3. The molecule has 0 bridgehead atoms. The molecule has 0 saturated carbocycles. The molecule has 3 N–H and O–H groups in total. The molecule has 0 aliphatic heterocycles. The van der Waals surface area contributed by atoms with E-state index in [0.717, 1.165) is 35.4 Å². The lowest BCUT2D eigenvalue weighted by Crippen LogP contribution is -2.33. The molecule has 9 heteroatoms. The molecule has 0 aliphatic rings. The van der Waals surface area contributed by atoms with Gasteiger partial charge in [-0.2, -0.15) is 0 Å². The molecule has 3 rings (SSSR count). The van der Waals surface area contributed by atoms with E-state index in [4.69, 9.17) is 14.2 Å². The summed E-state index contributed by atoms with van der Waals surface area (Å²) in [4.78, 5) is 32.3. The van der Waals surface area contributed by atoms with Crippen LogP contribution in [0.2, 0.25) is 0 Å². The first-order valence-electron chi connectivity index (χ1n) is 12.4. The van der Waals surface area contributed by atoms with Crippen LogP contribution < -0.4 is 15.4 Å². The number of hydrogen-bond acceptors (Lipinski definition) is 6. The van der Waals surface area contributed by atoms with Crippen LogP contribution in [0.15, 0.2) is 60.8 Å². The number of aromatic amines is 1. The molecular weight excluding hydrogens is 472 g/mol. The van der Waals surface area contributed by atoms with E-state index in [-0.39, 0.29) is 12.6 Å². The maximum Gasteiger partial charge on any atom is 0.408 e. The number of methoxy groups -OCH3 is 1. The third kappa shape index (κ3) is 9.51. The molecule has 0 radical (unpaired) electrons. The van der Waals surface area contributed by atoms with Crippen molar-refractivity contribution in [2.75, 3.05) is 13.7 Å². The fraction of sp³-hybridized carbons (Fsp3) is 0.393. The quantitative estimate of drug-likeness (QED) is 0.284. The monoisotopic (exact) mass is 508 g/mol. The maximum absolute atomic E-state index is 12.6. The molecular formula is C28H36N4O5. The molecule has 0 spiro atoms. The van der Waals surface area contributed by atoms with Gasteiger partial charge in [0.1, 0.15) is 23.8 Å². The Kier molecular flexibility index (Phi) is 9.94. The second-order valence-corrected chi connectivity index (χ2v) is 9.60. The number of hydrogen-bond donors (Lipinski definition) is 3. The number of nitrogens with one attached hydrogen (secondary N) is 3. The Morgan fingerprint density at radius 3 is 2.41 bits per heavy atom. The van der Waals surface area contributed by atoms with Crippen molar-refractivity contribution < 1.29 is 23.8 Å². The van der Waals surface area contributed by atoms with Crippen molar-refractivity contribution in [3.63, 3.8) is 0 Å². The smallest absolute Gasteiger partial charge is 0.408 e. The second kappa shape index (κ2) is 13.3. The molecule has 1 aromatic heterocycles. The highest BCUT2D eigenvalue weighted by Gasteiger charge is 2.19. The molecule has 9 nitrogen and oxygen atoms in total. The van der Waals surface area contributed by atoms with Crippen LogP contribution in [-0.4, -0.2) is 41.4 Å². The zero-order valence-electron chi connectivity index (χ0n) is 21.9. The average molecular weight is 509 g/mol. The van der Waals surface area contributed by atoms with Crippen molar-refractivity contribution in [1.29, 1.82) is 0 Å². The van der Waals surface area contributed by atoms with Crippen LogP contribution in [-0.2, 0) is 16.1 Å². The molecule has 0 saturated heterocycles. The molecule has 198 valence electrons. The highest BCUT2D eigenvalue weighted by atomic mass is 16.6. The van der Waals surface area contributed by atoms with Crippen molar-refractivity contribution >= 4 is 12.2 Å². The van der Waals surface area contributed by atoms with E-state index in [9.17, 15) is 9.59 Å². The van der Waals surface area contributed by atoms with Crippen LogP contribution in [0.5, 0.6) is 5.75 Å². The van der Waals surface area contributed by atoms with E-state index >= 15 is 0 Å². The summed E-state index contributed by atoms with van der Waals surface area (Å²) in [5, 5.41) is 5.72. The summed E-state index contributed by atoms with van der Waals surface area (Å²) in [6, 6.07) is 16.7. The number of unbranched alkanes of at least 4 members (excludes halogenated alkanes) is 1. The highest BCUT2D eigenvalue weighted by molar-refractivity contribution is 5.68. The fourth-order valence-corrected chi connectivity index (χ4v) is 3.60. The summed E-state index contributed by atoms with van der Waals surface area (Å²) in [6.07, 6.45) is 2.86. The average Bonchev–Trinajstić information content (AvgIpc) is 3.36. The number of aromatic nitrogens is 2. The third-order valence-corrected chi connectivity index (χ3v) is 5.43. The Hall–Kier alpha value is -4.01. The first-order chi connectivity index (χ1) is 17.7. The number of benzene rings is 2. The fourth-order valence-electron chi connectivity index (χ4n) is 3.60. The van der Waals surface area contributed by atoms with Gasteiger partial charge in [-0.1, -0.05) is 30.3 Å². The third-order valence-electron chi connectivity index (χ3n) is 5.43. The van der Waals surface area contributed by atoms with E-state index in [1.807, 2.05) is 75.4 Å². The molecule has 2 aromatic carbocycles. The SMILES string of the molecule is COc1ccc(-c2ncc(C(CCCCNC(=O)OC(C)(C)C)NC(=O)OCc3ccccc3)[nH]2)cc1. The number of carbonyl (C=O) groups is 2. The van der Waals surface area contributed by atoms with E-state index in [1.54, 1.807) is 13.3 Å². The minimum absolute atomic E-state index is 0.180.